The maximum absolute atomic E-state index is 12.0. The Balaban J connectivity index is 1.81. The lowest BCUT2D eigenvalue weighted by atomic mass is 10.1. The maximum Gasteiger partial charge on any atom is 0.337 e. The molecule has 0 bridgehead atoms. The lowest BCUT2D eigenvalue weighted by Crippen LogP contribution is -2.22. The van der Waals surface area contributed by atoms with Crippen molar-refractivity contribution in [3.05, 3.63) is 75.0 Å². The van der Waals surface area contributed by atoms with Gasteiger partial charge in [-0.2, -0.15) is 0 Å². The molecule has 0 aliphatic rings. The van der Waals surface area contributed by atoms with Crippen LogP contribution in [0.3, 0.4) is 0 Å². The zero-order chi connectivity index (χ0) is 22.4. The molecule has 31 heavy (non-hydrogen) atoms. The number of nitrogens with one attached hydrogen (secondary N) is 1. The minimum atomic E-state index is -0.406. The fourth-order valence-electron chi connectivity index (χ4n) is 3.26. The van der Waals surface area contributed by atoms with Crippen molar-refractivity contribution in [1.82, 2.24) is 0 Å². The van der Waals surface area contributed by atoms with E-state index in [0.29, 0.717) is 24.5 Å². The molecule has 2 aromatic carbocycles. The van der Waals surface area contributed by atoms with Crippen molar-refractivity contribution in [3.8, 4) is 5.75 Å². The molecule has 0 aliphatic heterocycles. The highest BCUT2D eigenvalue weighted by molar-refractivity contribution is 7.10. The molecule has 0 radical (unpaired) electrons. The topological polar surface area (TPSA) is 67.9 Å². The average Bonchev–Trinajstić information content (AvgIpc) is 3.21. The van der Waals surface area contributed by atoms with Gasteiger partial charge in [-0.3, -0.25) is 4.79 Å². The molecular weight excluding hydrogens is 412 g/mol. The average molecular weight is 439 g/mol. The molecule has 1 aromatic heterocycles. The number of thiophene rings is 1. The maximum atomic E-state index is 12.0. The smallest absolute Gasteiger partial charge is 0.337 e. The van der Waals surface area contributed by atoms with Crippen LogP contribution in [0.25, 0.3) is 0 Å². The highest BCUT2D eigenvalue weighted by atomic mass is 32.1. The van der Waals surface area contributed by atoms with Gasteiger partial charge in [0.25, 0.3) is 0 Å². The van der Waals surface area contributed by atoms with Crippen LogP contribution in [0, 0.1) is 13.8 Å². The summed E-state index contributed by atoms with van der Waals surface area (Å²) in [6.07, 6.45) is 0.808. The van der Waals surface area contributed by atoms with Crippen LogP contribution in [0.1, 0.15) is 31.9 Å². The van der Waals surface area contributed by atoms with Crippen LogP contribution < -0.4 is 15.0 Å². The number of benzene rings is 2. The molecule has 0 spiro atoms. The monoisotopic (exact) mass is 438 g/mol. The summed E-state index contributed by atoms with van der Waals surface area (Å²) < 4.78 is 10.7. The number of aryl methyl sites for hydroxylation is 2. The van der Waals surface area contributed by atoms with Crippen LogP contribution in [0.15, 0.2) is 47.8 Å². The van der Waals surface area contributed by atoms with E-state index >= 15 is 0 Å². The number of carbonyl (C=O) groups is 2. The summed E-state index contributed by atoms with van der Waals surface area (Å²) in [4.78, 5) is 26.6. The lowest BCUT2D eigenvalue weighted by Gasteiger charge is -2.22. The highest BCUT2D eigenvalue weighted by Crippen LogP contribution is 2.29. The number of carbonyl (C=O) groups excluding carboxylic acids is 2. The number of hydrogen-bond acceptors (Lipinski definition) is 6. The van der Waals surface area contributed by atoms with Gasteiger partial charge in [0.2, 0.25) is 6.41 Å². The summed E-state index contributed by atoms with van der Waals surface area (Å²) in [6, 6.07) is 13.1. The molecule has 0 saturated heterocycles. The second-order valence-corrected chi connectivity index (χ2v) is 8.17. The normalized spacial score (nSPS) is 10.5. The summed E-state index contributed by atoms with van der Waals surface area (Å²) in [5.74, 6) is 0.297. The Labute approximate surface area is 186 Å². The van der Waals surface area contributed by atoms with E-state index in [1.54, 1.807) is 35.4 Å². The lowest BCUT2D eigenvalue weighted by molar-refractivity contribution is -0.107. The third-order valence-corrected chi connectivity index (χ3v) is 5.95. The van der Waals surface area contributed by atoms with Crippen LogP contribution in [-0.4, -0.2) is 26.5 Å². The molecule has 7 heteroatoms. The number of hydrogen-bond donors (Lipinski definition) is 1. The van der Waals surface area contributed by atoms with Crippen molar-refractivity contribution < 1.29 is 19.1 Å². The summed E-state index contributed by atoms with van der Waals surface area (Å²) in [6.45, 7) is 4.84. The van der Waals surface area contributed by atoms with Crippen LogP contribution in [-0.2, 0) is 22.7 Å². The molecule has 0 saturated carbocycles. The van der Waals surface area contributed by atoms with Gasteiger partial charge in [-0.1, -0.05) is 12.1 Å². The van der Waals surface area contributed by atoms with Crippen LogP contribution in [0.2, 0.25) is 0 Å². The molecule has 3 rings (SSSR count). The number of ether oxygens (including phenoxy) is 2. The van der Waals surface area contributed by atoms with Crippen molar-refractivity contribution in [2.75, 3.05) is 24.4 Å². The Morgan fingerprint density at radius 2 is 1.97 bits per heavy atom. The Bertz CT molecular complexity index is 1080. The molecule has 6 nitrogen and oxygen atoms in total. The van der Waals surface area contributed by atoms with Gasteiger partial charge in [0.1, 0.15) is 12.4 Å². The summed E-state index contributed by atoms with van der Waals surface area (Å²) in [5, 5.41) is 5.18. The first-order chi connectivity index (χ1) is 14.9. The fraction of sp³-hybridized carbons (Fsp3) is 0.250. The van der Waals surface area contributed by atoms with Gasteiger partial charge in [0.15, 0.2) is 0 Å². The van der Waals surface area contributed by atoms with Crippen LogP contribution in [0.4, 0.5) is 11.4 Å². The predicted octanol–water partition coefficient (Wildman–Crippen LogP) is 4.94. The molecule has 1 N–H and O–H groups in total. The quantitative estimate of drug-likeness (QED) is 0.379. The zero-order valence-electron chi connectivity index (χ0n) is 18.1. The van der Waals surface area contributed by atoms with E-state index in [1.165, 1.54) is 12.7 Å². The number of amides is 1. The molecule has 0 aliphatic carbocycles. The van der Waals surface area contributed by atoms with Crippen molar-refractivity contribution in [1.29, 1.82) is 0 Å². The fourth-order valence-corrected chi connectivity index (χ4v) is 4.05. The van der Waals surface area contributed by atoms with E-state index in [2.05, 4.69) is 23.7 Å². The minimum absolute atomic E-state index is 0.343. The van der Waals surface area contributed by atoms with E-state index in [0.717, 1.165) is 33.8 Å². The van der Waals surface area contributed by atoms with Gasteiger partial charge in [-0.25, -0.2) is 4.79 Å². The van der Waals surface area contributed by atoms with Gasteiger partial charge >= 0.3 is 5.97 Å². The van der Waals surface area contributed by atoms with Gasteiger partial charge in [0, 0.05) is 23.7 Å². The number of rotatable bonds is 9. The van der Waals surface area contributed by atoms with E-state index < -0.39 is 5.97 Å². The molecular formula is C24H26N2O4S. The largest absolute Gasteiger partial charge is 0.488 e. The number of anilines is 2. The minimum Gasteiger partial charge on any atom is -0.488 e. The van der Waals surface area contributed by atoms with Crippen molar-refractivity contribution >= 4 is 35.1 Å². The Kier molecular flexibility index (Phi) is 7.31. The van der Waals surface area contributed by atoms with Gasteiger partial charge in [-0.05, 0) is 60.2 Å². The Hall–Kier alpha value is -3.32. The van der Waals surface area contributed by atoms with E-state index in [-0.39, 0.29) is 0 Å². The highest BCUT2D eigenvalue weighted by Gasteiger charge is 2.15. The molecule has 0 fully saturated rings. The van der Waals surface area contributed by atoms with E-state index in [1.807, 2.05) is 31.2 Å². The first kappa shape index (κ1) is 22.4. The molecule has 3 aromatic rings. The Morgan fingerprint density at radius 1 is 1.16 bits per heavy atom. The van der Waals surface area contributed by atoms with Gasteiger partial charge in [0.05, 0.1) is 24.9 Å². The molecule has 0 unspecified atom stereocenters. The molecule has 162 valence electrons. The van der Waals surface area contributed by atoms with Crippen LogP contribution >= 0.6 is 11.3 Å². The second kappa shape index (κ2) is 10.1. The van der Waals surface area contributed by atoms with Crippen LogP contribution in [0.5, 0.6) is 5.75 Å². The SMILES string of the molecule is CNc1cc(C(=O)OC)ccc1CN(C=O)c1cc(OCc2cc(C)cs2)ccc1C. The standard InChI is InChI=1S/C24H26N2O4S/c1-16-9-21(31-14-16)13-30-20-8-5-17(2)23(11-20)26(15-27)12-19-7-6-18(24(28)29-4)10-22(19)25-3/h5-11,14-15,25H,12-13H2,1-4H3. The first-order valence-electron chi connectivity index (χ1n) is 9.83. The van der Waals surface area contributed by atoms with Gasteiger partial charge < -0.3 is 19.7 Å². The second-order valence-electron chi connectivity index (χ2n) is 7.17. The zero-order valence-corrected chi connectivity index (χ0v) is 18.9. The summed E-state index contributed by atoms with van der Waals surface area (Å²) in [7, 11) is 3.12. The number of esters is 1. The first-order valence-corrected chi connectivity index (χ1v) is 10.7. The van der Waals surface area contributed by atoms with Crippen molar-refractivity contribution in [2.24, 2.45) is 0 Å². The van der Waals surface area contributed by atoms with E-state index in [9.17, 15) is 9.59 Å². The number of methoxy groups -OCH3 is 1. The molecule has 1 heterocycles. The number of nitrogens with zero attached hydrogens (tertiary/aromatic N) is 1. The van der Waals surface area contributed by atoms with E-state index in [4.69, 9.17) is 9.47 Å². The Morgan fingerprint density at radius 3 is 2.61 bits per heavy atom. The third kappa shape index (κ3) is 5.44. The summed E-state index contributed by atoms with van der Waals surface area (Å²) >= 11 is 1.67. The van der Waals surface area contributed by atoms with Crippen molar-refractivity contribution in [2.45, 2.75) is 27.0 Å². The molecule has 1 amide bonds. The predicted molar refractivity (Wildman–Crippen MR) is 124 cm³/mol. The third-order valence-electron chi connectivity index (χ3n) is 4.92. The summed E-state index contributed by atoms with van der Waals surface area (Å²) in [5.41, 5.74) is 5.04. The molecule has 0 atom stereocenters. The van der Waals surface area contributed by atoms with Gasteiger partial charge in [-0.15, -0.1) is 11.3 Å². The van der Waals surface area contributed by atoms with Crippen molar-refractivity contribution in [3.63, 3.8) is 0 Å².